The third-order valence-electron chi connectivity index (χ3n) is 3.53. The first-order valence-corrected chi connectivity index (χ1v) is 7.02. The van der Waals surface area contributed by atoms with Gasteiger partial charge in [-0.05, 0) is 29.8 Å². The van der Waals surface area contributed by atoms with Crippen LogP contribution in [0.4, 0.5) is 13.2 Å². The topological polar surface area (TPSA) is 35.5 Å². The van der Waals surface area contributed by atoms with Gasteiger partial charge in [0.2, 0.25) is 0 Å². The van der Waals surface area contributed by atoms with Crippen LogP contribution in [0.25, 0.3) is 0 Å². The van der Waals surface area contributed by atoms with Crippen LogP contribution in [0.2, 0.25) is 0 Å². The largest absolute Gasteiger partial charge is 0.492 e. The molecule has 0 spiro atoms. The molecule has 0 unspecified atom stereocenters. The number of benzene rings is 2. The Morgan fingerprint density at radius 2 is 1.83 bits per heavy atom. The van der Waals surface area contributed by atoms with Gasteiger partial charge in [0.1, 0.15) is 18.1 Å². The summed E-state index contributed by atoms with van der Waals surface area (Å²) in [5.74, 6) is 1.00. The van der Waals surface area contributed by atoms with Gasteiger partial charge in [-0.25, -0.2) is 0 Å². The Kier molecular flexibility index (Phi) is 3.98. The number of Topliss-reactive ketones (excluding diaryl/α,β-unsaturated/α-hetero) is 1. The van der Waals surface area contributed by atoms with E-state index >= 15 is 0 Å². The Hall–Kier alpha value is -2.50. The highest BCUT2D eigenvalue weighted by molar-refractivity contribution is 5.99. The van der Waals surface area contributed by atoms with Crippen molar-refractivity contribution in [2.24, 2.45) is 0 Å². The van der Waals surface area contributed by atoms with Crippen LogP contribution in [0.3, 0.4) is 0 Å². The van der Waals surface area contributed by atoms with E-state index in [1.54, 1.807) is 18.2 Å². The van der Waals surface area contributed by atoms with Gasteiger partial charge in [-0.1, -0.05) is 12.1 Å². The van der Waals surface area contributed by atoms with Crippen molar-refractivity contribution in [3.63, 3.8) is 0 Å². The molecule has 3 rings (SSSR count). The van der Waals surface area contributed by atoms with E-state index in [2.05, 4.69) is 0 Å². The molecule has 23 heavy (non-hydrogen) atoms. The van der Waals surface area contributed by atoms with Gasteiger partial charge in [-0.3, -0.25) is 4.79 Å². The van der Waals surface area contributed by atoms with E-state index in [9.17, 15) is 18.0 Å². The lowest BCUT2D eigenvalue weighted by Crippen LogP contribution is -2.15. The number of carbonyl (C=O) groups is 1. The van der Waals surface area contributed by atoms with Crippen molar-refractivity contribution in [2.45, 2.75) is 19.2 Å². The summed E-state index contributed by atoms with van der Waals surface area (Å²) in [4.78, 5) is 11.7. The van der Waals surface area contributed by atoms with Gasteiger partial charge in [0.15, 0.2) is 5.78 Å². The van der Waals surface area contributed by atoms with Crippen molar-refractivity contribution in [1.82, 2.24) is 0 Å². The molecular formula is C17H13F3O3. The predicted octanol–water partition coefficient (Wildman–Crippen LogP) is 4.25. The number of carbonyl (C=O) groups excluding carboxylic acids is 1. The Morgan fingerprint density at radius 1 is 1.09 bits per heavy atom. The maximum absolute atomic E-state index is 12.5. The Balaban J connectivity index is 1.68. The Bertz CT molecular complexity index is 721. The van der Waals surface area contributed by atoms with Crippen molar-refractivity contribution in [2.75, 3.05) is 6.61 Å². The molecule has 0 atom stereocenters. The van der Waals surface area contributed by atoms with E-state index in [1.807, 2.05) is 0 Å². The van der Waals surface area contributed by atoms with E-state index in [4.69, 9.17) is 9.47 Å². The van der Waals surface area contributed by atoms with Gasteiger partial charge in [0.05, 0.1) is 17.7 Å². The van der Waals surface area contributed by atoms with Crippen molar-refractivity contribution in [3.05, 3.63) is 59.2 Å². The van der Waals surface area contributed by atoms with Gasteiger partial charge >= 0.3 is 6.18 Å². The standard InChI is InChI=1S/C17H13F3O3/c18-17(19,20)12-3-1-11(2-4-12)10-23-13-5-6-14-15(21)7-8-22-16(14)9-13/h1-6,9H,7-8,10H2. The molecular weight excluding hydrogens is 309 g/mol. The summed E-state index contributed by atoms with van der Waals surface area (Å²) in [6.07, 6.45) is -3.99. The smallest absolute Gasteiger partial charge is 0.416 e. The zero-order chi connectivity index (χ0) is 16.4. The van der Waals surface area contributed by atoms with Crippen LogP contribution in [0.5, 0.6) is 11.5 Å². The monoisotopic (exact) mass is 322 g/mol. The minimum absolute atomic E-state index is 0.0283. The lowest BCUT2D eigenvalue weighted by atomic mass is 10.1. The highest BCUT2D eigenvalue weighted by Gasteiger charge is 2.29. The number of hydrogen-bond donors (Lipinski definition) is 0. The summed E-state index contributed by atoms with van der Waals surface area (Å²) in [5, 5.41) is 0. The molecule has 2 aromatic rings. The van der Waals surface area contributed by atoms with Crippen molar-refractivity contribution in [1.29, 1.82) is 0 Å². The average Bonchev–Trinajstić information content (AvgIpc) is 2.52. The Labute approximate surface area is 130 Å². The van der Waals surface area contributed by atoms with Crippen LogP contribution in [0.1, 0.15) is 27.9 Å². The summed E-state index contributed by atoms with van der Waals surface area (Å²) in [7, 11) is 0. The van der Waals surface area contributed by atoms with Crippen LogP contribution in [-0.4, -0.2) is 12.4 Å². The maximum Gasteiger partial charge on any atom is 0.416 e. The normalized spacial score (nSPS) is 14.1. The van der Waals surface area contributed by atoms with Crippen LogP contribution >= 0.6 is 0 Å². The van der Waals surface area contributed by atoms with E-state index in [0.717, 1.165) is 12.1 Å². The molecule has 0 fully saturated rings. The van der Waals surface area contributed by atoms with Crippen LogP contribution in [0.15, 0.2) is 42.5 Å². The molecule has 0 N–H and O–H groups in total. The van der Waals surface area contributed by atoms with Gasteiger partial charge in [0.25, 0.3) is 0 Å². The fourth-order valence-electron chi connectivity index (χ4n) is 2.29. The minimum Gasteiger partial charge on any atom is -0.492 e. The minimum atomic E-state index is -4.35. The Morgan fingerprint density at radius 3 is 2.52 bits per heavy atom. The fourth-order valence-corrected chi connectivity index (χ4v) is 2.29. The SMILES string of the molecule is O=C1CCOc2cc(OCc3ccc(C(F)(F)F)cc3)ccc21. The first-order valence-electron chi connectivity index (χ1n) is 7.02. The molecule has 0 saturated carbocycles. The second-order valence-corrected chi connectivity index (χ2v) is 5.16. The molecule has 0 aliphatic carbocycles. The lowest BCUT2D eigenvalue weighted by molar-refractivity contribution is -0.137. The first-order chi connectivity index (χ1) is 10.9. The maximum atomic E-state index is 12.5. The van der Waals surface area contributed by atoms with Crippen molar-refractivity contribution < 1.29 is 27.4 Å². The molecule has 2 aromatic carbocycles. The predicted molar refractivity (Wildman–Crippen MR) is 76.7 cm³/mol. The third-order valence-corrected chi connectivity index (χ3v) is 3.53. The molecule has 0 bridgehead atoms. The lowest BCUT2D eigenvalue weighted by Gasteiger charge is -2.17. The summed E-state index contributed by atoms with van der Waals surface area (Å²) < 4.78 is 48.4. The van der Waals surface area contributed by atoms with Crippen molar-refractivity contribution >= 4 is 5.78 Å². The molecule has 0 aromatic heterocycles. The molecule has 6 heteroatoms. The second kappa shape index (κ2) is 5.95. The zero-order valence-electron chi connectivity index (χ0n) is 12.0. The van der Waals surface area contributed by atoms with Gasteiger partial charge in [-0.15, -0.1) is 0 Å². The number of ether oxygens (including phenoxy) is 2. The van der Waals surface area contributed by atoms with Gasteiger partial charge < -0.3 is 9.47 Å². The van der Waals surface area contributed by atoms with Crippen LogP contribution < -0.4 is 9.47 Å². The summed E-state index contributed by atoms with van der Waals surface area (Å²) >= 11 is 0. The quantitative estimate of drug-likeness (QED) is 0.847. The van der Waals surface area contributed by atoms with E-state index < -0.39 is 11.7 Å². The number of ketones is 1. The third kappa shape index (κ3) is 3.47. The molecule has 0 amide bonds. The van der Waals surface area contributed by atoms with Crippen LogP contribution in [0, 0.1) is 0 Å². The molecule has 0 radical (unpaired) electrons. The second-order valence-electron chi connectivity index (χ2n) is 5.16. The van der Waals surface area contributed by atoms with Crippen LogP contribution in [-0.2, 0) is 12.8 Å². The molecule has 1 heterocycles. The number of fused-ring (bicyclic) bond motifs is 1. The highest BCUT2D eigenvalue weighted by atomic mass is 19.4. The fraction of sp³-hybridized carbons (Fsp3) is 0.235. The summed E-state index contributed by atoms with van der Waals surface area (Å²) in [5.41, 5.74) is 0.452. The number of halogens is 3. The number of alkyl halides is 3. The highest BCUT2D eigenvalue weighted by Crippen LogP contribution is 2.31. The van der Waals surface area contributed by atoms with Crippen molar-refractivity contribution in [3.8, 4) is 11.5 Å². The summed E-state index contributed by atoms with van der Waals surface area (Å²) in [6.45, 7) is 0.471. The number of hydrogen-bond acceptors (Lipinski definition) is 3. The molecule has 0 saturated heterocycles. The number of rotatable bonds is 3. The average molecular weight is 322 g/mol. The molecule has 120 valence electrons. The zero-order valence-corrected chi connectivity index (χ0v) is 12.0. The van der Waals surface area contributed by atoms with E-state index in [0.29, 0.717) is 35.7 Å². The first kappa shape index (κ1) is 15.4. The molecule has 3 nitrogen and oxygen atoms in total. The van der Waals surface area contributed by atoms with E-state index in [-0.39, 0.29) is 12.4 Å². The van der Waals surface area contributed by atoms with Gasteiger partial charge in [-0.2, -0.15) is 13.2 Å². The summed E-state index contributed by atoms with van der Waals surface area (Å²) in [6, 6.07) is 9.70. The van der Waals surface area contributed by atoms with Gasteiger partial charge in [0, 0.05) is 12.5 Å². The molecule has 1 aliphatic rings. The van der Waals surface area contributed by atoms with E-state index in [1.165, 1.54) is 12.1 Å². The molecule has 1 aliphatic heterocycles.